The number of benzene rings is 2. The first-order chi connectivity index (χ1) is 9.30. The molecule has 2 rings (SSSR count). The molecule has 3 heteroatoms. The fourth-order valence-electron chi connectivity index (χ4n) is 2.25. The Morgan fingerprint density at radius 1 is 0.947 bits per heavy atom. The maximum Gasteiger partial charge on any atom is 0.392 e. The Kier molecular flexibility index (Phi) is 4.15. The van der Waals surface area contributed by atoms with Gasteiger partial charge in [0.25, 0.3) is 0 Å². The molecule has 0 aliphatic rings. The van der Waals surface area contributed by atoms with E-state index < -0.39 is 0 Å². The Labute approximate surface area is 114 Å². The van der Waals surface area contributed by atoms with Crippen LogP contribution in [0.5, 0.6) is 0 Å². The molecule has 0 fully saturated rings. The van der Waals surface area contributed by atoms with Crippen LogP contribution < -0.4 is 4.90 Å². The SMILES string of the molecule is CCN(CC)c1ccc(-c2ccccc2[N+]#N)cc1. The standard InChI is InChI=1S/C16H18N3/c1-3-19(4-2)14-11-9-13(10-12-14)15-7-5-6-8-16(15)18-17/h5-12H,3-4H2,1-2H3/q+1. The monoisotopic (exact) mass is 252 g/mol. The fraction of sp³-hybridized carbons (Fsp3) is 0.250. The van der Waals surface area contributed by atoms with E-state index in [-0.39, 0.29) is 0 Å². The predicted molar refractivity (Wildman–Crippen MR) is 80.2 cm³/mol. The Morgan fingerprint density at radius 3 is 2.16 bits per heavy atom. The highest BCUT2D eigenvalue weighted by molar-refractivity contribution is 5.78. The second kappa shape index (κ2) is 6.01. The van der Waals surface area contributed by atoms with Crippen LogP contribution in [0.15, 0.2) is 48.5 Å². The van der Waals surface area contributed by atoms with Crippen molar-refractivity contribution >= 4 is 11.4 Å². The zero-order valence-corrected chi connectivity index (χ0v) is 11.4. The van der Waals surface area contributed by atoms with E-state index in [9.17, 15) is 0 Å². The molecular formula is C16H18N3+. The maximum atomic E-state index is 9.02. The molecule has 0 amide bonds. The highest BCUT2D eigenvalue weighted by atomic mass is 15.1. The predicted octanol–water partition coefficient (Wildman–Crippen LogP) is 4.68. The van der Waals surface area contributed by atoms with E-state index in [4.69, 9.17) is 5.39 Å². The summed E-state index contributed by atoms with van der Waals surface area (Å²) in [6, 6.07) is 15.9. The number of nitrogens with zero attached hydrogens (tertiary/aromatic N) is 3. The van der Waals surface area contributed by atoms with E-state index in [0.717, 1.165) is 24.2 Å². The zero-order chi connectivity index (χ0) is 13.7. The van der Waals surface area contributed by atoms with Gasteiger partial charge in [-0.05, 0) is 37.6 Å². The van der Waals surface area contributed by atoms with Gasteiger partial charge in [0.15, 0.2) is 4.98 Å². The quantitative estimate of drug-likeness (QED) is 0.739. The number of diazo groups is 1. The molecule has 0 N–H and O–H groups in total. The Balaban J connectivity index is 2.35. The van der Waals surface area contributed by atoms with Gasteiger partial charge < -0.3 is 4.90 Å². The summed E-state index contributed by atoms with van der Waals surface area (Å²) in [6.45, 7) is 6.30. The van der Waals surface area contributed by atoms with Crippen LogP contribution in [0.4, 0.5) is 11.4 Å². The average Bonchev–Trinajstić information content (AvgIpc) is 2.49. The van der Waals surface area contributed by atoms with Crippen LogP contribution in [0.3, 0.4) is 0 Å². The lowest BCUT2D eigenvalue weighted by Gasteiger charge is -2.21. The van der Waals surface area contributed by atoms with Crippen LogP contribution in [0.25, 0.3) is 16.1 Å². The van der Waals surface area contributed by atoms with Crippen molar-refractivity contribution in [1.29, 1.82) is 5.39 Å². The summed E-state index contributed by atoms with van der Waals surface area (Å²) >= 11 is 0. The van der Waals surface area contributed by atoms with Gasteiger partial charge in [-0.1, -0.05) is 24.3 Å². The third kappa shape index (κ3) is 2.74. The van der Waals surface area contributed by atoms with Crippen molar-refractivity contribution in [2.75, 3.05) is 18.0 Å². The molecule has 0 aliphatic carbocycles. The van der Waals surface area contributed by atoms with Crippen LogP contribution in [0, 0.1) is 5.39 Å². The molecule has 3 nitrogen and oxygen atoms in total. The van der Waals surface area contributed by atoms with Crippen molar-refractivity contribution in [3.8, 4) is 11.1 Å². The summed E-state index contributed by atoms with van der Waals surface area (Å²) in [5.41, 5.74) is 3.81. The molecule has 0 aliphatic heterocycles. The van der Waals surface area contributed by atoms with Crippen LogP contribution in [-0.4, -0.2) is 13.1 Å². The molecule has 96 valence electrons. The molecule has 0 saturated heterocycles. The van der Waals surface area contributed by atoms with Gasteiger partial charge in [-0.3, -0.25) is 0 Å². The van der Waals surface area contributed by atoms with E-state index in [1.54, 1.807) is 6.07 Å². The van der Waals surface area contributed by atoms with Crippen molar-refractivity contribution in [2.45, 2.75) is 13.8 Å². The summed E-state index contributed by atoms with van der Waals surface area (Å²) in [7, 11) is 0. The van der Waals surface area contributed by atoms with Gasteiger partial charge in [0.2, 0.25) is 5.39 Å². The van der Waals surface area contributed by atoms with Gasteiger partial charge in [-0.2, -0.15) is 0 Å². The third-order valence-corrected chi connectivity index (χ3v) is 3.32. The normalized spacial score (nSPS) is 9.95. The first-order valence-corrected chi connectivity index (χ1v) is 6.59. The molecule has 0 unspecified atom stereocenters. The van der Waals surface area contributed by atoms with Crippen molar-refractivity contribution in [1.82, 2.24) is 0 Å². The highest BCUT2D eigenvalue weighted by Gasteiger charge is 2.13. The smallest absolute Gasteiger partial charge is 0.372 e. The first-order valence-electron chi connectivity index (χ1n) is 6.59. The largest absolute Gasteiger partial charge is 0.392 e. The van der Waals surface area contributed by atoms with Gasteiger partial charge in [0.1, 0.15) is 0 Å². The van der Waals surface area contributed by atoms with Crippen molar-refractivity contribution in [2.24, 2.45) is 0 Å². The topological polar surface area (TPSA) is 31.4 Å². The zero-order valence-electron chi connectivity index (χ0n) is 11.4. The maximum absolute atomic E-state index is 9.02. The lowest BCUT2D eigenvalue weighted by molar-refractivity contribution is 0.866. The van der Waals surface area contributed by atoms with Crippen LogP contribution >= 0.6 is 0 Å². The molecule has 0 bridgehead atoms. The lowest BCUT2D eigenvalue weighted by atomic mass is 10.0. The summed E-state index contributed by atoms with van der Waals surface area (Å²) in [5.74, 6) is 0. The summed E-state index contributed by atoms with van der Waals surface area (Å²) in [4.78, 5) is 5.62. The fourth-order valence-corrected chi connectivity index (χ4v) is 2.25. The molecule has 0 aromatic heterocycles. The summed E-state index contributed by atoms with van der Waals surface area (Å²) in [6.07, 6.45) is 0. The second-order valence-electron chi connectivity index (χ2n) is 4.34. The van der Waals surface area contributed by atoms with E-state index in [1.807, 2.05) is 18.2 Å². The molecule has 2 aromatic rings. The number of hydrogen-bond acceptors (Lipinski definition) is 2. The van der Waals surface area contributed by atoms with Crippen LogP contribution in [0.2, 0.25) is 0 Å². The molecule has 19 heavy (non-hydrogen) atoms. The minimum Gasteiger partial charge on any atom is -0.372 e. The number of hydrogen-bond donors (Lipinski definition) is 0. The van der Waals surface area contributed by atoms with E-state index in [2.05, 4.69) is 48.0 Å². The number of rotatable bonds is 4. The van der Waals surface area contributed by atoms with Crippen molar-refractivity contribution < 1.29 is 0 Å². The lowest BCUT2D eigenvalue weighted by Crippen LogP contribution is -2.21. The Bertz CT molecular complexity index is 578. The minimum atomic E-state index is 0.595. The molecule has 0 atom stereocenters. The number of anilines is 1. The van der Waals surface area contributed by atoms with Gasteiger partial charge in [-0.25, -0.2) is 0 Å². The first kappa shape index (κ1) is 13.1. The molecule has 2 aromatic carbocycles. The average molecular weight is 252 g/mol. The van der Waals surface area contributed by atoms with Gasteiger partial charge >= 0.3 is 5.69 Å². The van der Waals surface area contributed by atoms with Crippen LogP contribution in [-0.2, 0) is 0 Å². The summed E-state index contributed by atoms with van der Waals surface area (Å²) in [5, 5.41) is 9.02. The highest BCUT2D eigenvalue weighted by Crippen LogP contribution is 2.31. The molecule has 0 spiro atoms. The van der Waals surface area contributed by atoms with Gasteiger partial charge in [0, 0.05) is 24.8 Å². The minimum absolute atomic E-state index is 0.595. The Morgan fingerprint density at radius 2 is 1.58 bits per heavy atom. The third-order valence-electron chi connectivity index (χ3n) is 3.32. The molecule has 0 heterocycles. The van der Waals surface area contributed by atoms with E-state index >= 15 is 0 Å². The van der Waals surface area contributed by atoms with E-state index in [0.29, 0.717) is 5.69 Å². The van der Waals surface area contributed by atoms with E-state index in [1.165, 1.54) is 5.69 Å². The Hall–Kier alpha value is -2.34. The van der Waals surface area contributed by atoms with Crippen LogP contribution in [0.1, 0.15) is 13.8 Å². The molecule has 0 saturated carbocycles. The van der Waals surface area contributed by atoms with Crippen molar-refractivity contribution in [3.63, 3.8) is 0 Å². The summed E-state index contributed by atoms with van der Waals surface area (Å²) < 4.78 is 0. The van der Waals surface area contributed by atoms with Gasteiger partial charge in [0.05, 0.1) is 5.56 Å². The van der Waals surface area contributed by atoms with Gasteiger partial charge in [-0.15, -0.1) is 0 Å². The molecule has 0 radical (unpaired) electrons. The second-order valence-corrected chi connectivity index (χ2v) is 4.34. The van der Waals surface area contributed by atoms with Crippen molar-refractivity contribution in [3.05, 3.63) is 53.5 Å². The molecular weight excluding hydrogens is 234 g/mol.